The van der Waals surface area contributed by atoms with Crippen molar-refractivity contribution in [2.75, 3.05) is 6.61 Å². The molecule has 1 rings (SSSR count). The second-order valence-electron chi connectivity index (χ2n) is 2.01. The van der Waals surface area contributed by atoms with Crippen LogP contribution in [0.1, 0.15) is 6.92 Å². The van der Waals surface area contributed by atoms with Crippen molar-refractivity contribution in [3.05, 3.63) is 33.4 Å². The minimum atomic E-state index is -0.827. The van der Waals surface area contributed by atoms with Crippen LogP contribution >= 0.6 is 0 Å². The zero-order valence-corrected chi connectivity index (χ0v) is 8.64. The Labute approximate surface area is 80.5 Å². The van der Waals surface area contributed by atoms with Gasteiger partial charge < -0.3 is 0 Å². The summed E-state index contributed by atoms with van der Waals surface area (Å²) in [4.78, 5) is 0. The van der Waals surface area contributed by atoms with Crippen LogP contribution in [0.4, 0.5) is 8.78 Å². The van der Waals surface area contributed by atoms with Gasteiger partial charge in [0.15, 0.2) is 0 Å². The monoisotopic (exact) mass is 285 g/mol. The van der Waals surface area contributed by atoms with E-state index in [1.54, 1.807) is 6.07 Å². The van der Waals surface area contributed by atoms with E-state index in [1.165, 1.54) is 6.07 Å². The van der Waals surface area contributed by atoms with Gasteiger partial charge in [0.25, 0.3) is 0 Å². The molecule has 0 heterocycles. The summed E-state index contributed by atoms with van der Waals surface area (Å²) in [6, 6.07) is 4.16. The van der Waals surface area contributed by atoms with Crippen LogP contribution in [0.15, 0.2) is 18.2 Å². The molecule has 68 valence electrons. The summed E-state index contributed by atoms with van der Waals surface area (Å²) in [6.07, 6.45) is 0. The summed E-state index contributed by atoms with van der Waals surface area (Å²) in [6.45, 7) is 2.38. The molecule has 1 nitrogen and oxygen atoms in total. The zero-order valence-electron chi connectivity index (χ0n) is 6.48. The van der Waals surface area contributed by atoms with E-state index in [4.69, 9.17) is 3.07 Å². The molecule has 0 radical (unpaired) electrons. The molecule has 0 atom stereocenters. The molecule has 4 heteroatoms. The predicted octanol–water partition coefficient (Wildman–Crippen LogP) is -0.825. The molecular formula is C8H8F2IO-. The summed E-state index contributed by atoms with van der Waals surface area (Å²) in [5, 5.41) is 0. The predicted molar refractivity (Wildman–Crippen MR) is 36.7 cm³/mol. The number of rotatable bonds is 3. The first-order valence-corrected chi connectivity index (χ1v) is 5.42. The molecule has 0 bridgehead atoms. The van der Waals surface area contributed by atoms with Gasteiger partial charge in [-0.3, -0.25) is 0 Å². The van der Waals surface area contributed by atoms with Gasteiger partial charge in [-0.1, -0.05) is 0 Å². The van der Waals surface area contributed by atoms with Crippen LogP contribution in [0, 0.1) is 15.2 Å². The standard InChI is InChI=1S/C8H8F2IO/c1-2-12-11-7-5-3-4-6(9)8(7)10/h3-5H,2H2,1H3/q-1. The van der Waals surface area contributed by atoms with Crippen LogP contribution < -0.4 is 21.6 Å². The van der Waals surface area contributed by atoms with Crippen molar-refractivity contribution in [3.8, 4) is 0 Å². The Morgan fingerprint density at radius 1 is 1.42 bits per heavy atom. The first kappa shape index (κ1) is 9.85. The molecule has 0 aliphatic heterocycles. The molecule has 0 fully saturated rings. The average Bonchev–Trinajstić information content (AvgIpc) is 2.08. The van der Waals surface area contributed by atoms with E-state index in [1.807, 2.05) is 6.92 Å². The number of hydrogen-bond acceptors (Lipinski definition) is 1. The second-order valence-corrected chi connectivity index (χ2v) is 4.24. The van der Waals surface area contributed by atoms with Gasteiger partial charge in [-0.25, -0.2) is 0 Å². The fourth-order valence-corrected chi connectivity index (χ4v) is 2.10. The molecule has 0 saturated heterocycles. The molecule has 0 N–H and O–H groups in total. The van der Waals surface area contributed by atoms with Crippen LogP contribution in [0.25, 0.3) is 0 Å². The van der Waals surface area contributed by atoms with Crippen molar-refractivity contribution in [1.82, 2.24) is 0 Å². The quantitative estimate of drug-likeness (QED) is 0.520. The minimum absolute atomic E-state index is 0.371. The van der Waals surface area contributed by atoms with Gasteiger partial charge >= 0.3 is 80.4 Å². The number of benzene rings is 1. The summed E-state index contributed by atoms with van der Waals surface area (Å²) < 4.78 is 30.9. The molecule has 1 aromatic rings. The van der Waals surface area contributed by atoms with Crippen LogP contribution in [-0.4, -0.2) is 6.61 Å². The Bertz CT molecular complexity index is 265. The third-order valence-corrected chi connectivity index (χ3v) is 3.39. The van der Waals surface area contributed by atoms with E-state index < -0.39 is 33.3 Å². The normalized spacial score (nSPS) is 10.6. The maximum absolute atomic E-state index is 12.9. The molecule has 12 heavy (non-hydrogen) atoms. The fourth-order valence-electron chi connectivity index (χ4n) is 0.650. The molecular weight excluding hydrogens is 277 g/mol. The first-order valence-electron chi connectivity index (χ1n) is 3.46. The van der Waals surface area contributed by atoms with E-state index in [0.29, 0.717) is 10.2 Å². The Balaban J connectivity index is 2.78. The van der Waals surface area contributed by atoms with Crippen molar-refractivity contribution in [1.29, 1.82) is 0 Å². The molecule has 0 aliphatic rings. The van der Waals surface area contributed by atoms with Gasteiger partial charge in [-0.2, -0.15) is 0 Å². The fraction of sp³-hybridized carbons (Fsp3) is 0.250. The van der Waals surface area contributed by atoms with Crippen LogP contribution in [0.5, 0.6) is 0 Å². The molecule has 0 spiro atoms. The average molecular weight is 285 g/mol. The van der Waals surface area contributed by atoms with Crippen molar-refractivity contribution in [2.24, 2.45) is 0 Å². The summed E-state index contributed by atoms with van der Waals surface area (Å²) >= 11 is -0.827. The SMILES string of the molecule is CCO[I-]c1cccc(F)c1F. The molecule has 0 aromatic heterocycles. The van der Waals surface area contributed by atoms with Gasteiger partial charge in [-0.15, -0.1) is 0 Å². The summed E-state index contributed by atoms with van der Waals surface area (Å²) in [5.41, 5.74) is 0. The zero-order chi connectivity index (χ0) is 8.97. The Kier molecular flexibility index (Phi) is 3.87. The summed E-state index contributed by atoms with van der Waals surface area (Å²) in [5.74, 6) is -1.56. The van der Waals surface area contributed by atoms with Crippen LogP contribution in [0.3, 0.4) is 0 Å². The molecule has 0 aliphatic carbocycles. The first-order chi connectivity index (χ1) is 5.75. The number of halogens is 3. The van der Waals surface area contributed by atoms with Crippen molar-refractivity contribution in [2.45, 2.75) is 6.92 Å². The molecule has 1 aromatic carbocycles. The van der Waals surface area contributed by atoms with E-state index in [2.05, 4.69) is 0 Å². The van der Waals surface area contributed by atoms with Gasteiger partial charge in [0.05, 0.1) is 0 Å². The number of hydrogen-bond donors (Lipinski definition) is 0. The third-order valence-electron chi connectivity index (χ3n) is 1.15. The third kappa shape index (κ3) is 2.38. The van der Waals surface area contributed by atoms with Crippen molar-refractivity contribution < 1.29 is 33.5 Å². The Hall–Kier alpha value is -0.230. The summed E-state index contributed by atoms with van der Waals surface area (Å²) in [7, 11) is 0. The van der Waals surface area contributed by atoms with E-state index in [9.17, 15) is 8.78 Å². The Morgan fingerprint density at radius 3 is 2.83 bits per heavy atom. The van der Waals surface area contributed by atoms with Gasteiger partial charge in [0.2, 0.25) is 0 Å². The molecule has 0 unspecified atom stereocenters. The topological polar surface area (TPSA) is 9.23 Å². The van der Waals surface area contributed by atoms with E-state index >= 15 is 0 Å². The molecule has 0 saturated carbocycles. The van der Waals surface area contributed by atoms with E-state index in [0.717, 1.165) is 6.07 Å². The Morgan fingerprint density at radius 2 is 2.17 bits per heavy atom. The van der Waals surface area contributed by atoms with Crippen molar-refractivity contribution in [3.63, 3.8) is 0 Å². The van der Waals surface area contributed by atoms with Gasteiger partial charge in [0, 0.05) is 0 Å². The van der Waals surface area contributed by atoms with Crippen LogP contribution in [-0.2, 0) is 3.07 Å². The van der Waals surface area contributed by atoms with Crippen LogP contribution in [0.2, 0.25) is 0 Å². The molecule has 0 amide bonds. The van der Waals surface area contributed by atoms with Crippen molar-refractivity contribution >= 4 is 0 Å². The van der Waals surface area contributed by atoms with Gasteiger partial charge in [-0.05, 0) is 0 Å². The van der Waals surface area contributed by atoms with Gasteiger partial charge in [0.1, 0.15) is 0 Å². The second kappa shape index (κ2) is 4.71. The maximum atomic E-state index is 12.9. The van der Waals surface area contributed by atoms with E-state index in [-0.39, 0.29) is 0 Å².